The van der Waals surface area contributed by atoms with Crippen LogP contribution in [0.3, 0.4) is 0 Å². The molecule has 0 aromatic heterocycles. The minimum Gasteiger partial charge on any atom is -0.481 e. The molecule has 1 aromatic rings. The third-order valence-electron chi connectivity index (χ3n) is 6.22. The quantitative estimate of drug-likeness (QED) is 0.420. The van der Waals surface area contributed by atoms with Crippen LogP contribution in [0.5, 0.6) is 0 Å². The van der Waals surface area contributed by atoms with Crippen LogP contribution >= 0.6 is 0 Å². The van der Waals surface area contributed by atoms with Crippen LogP contribution in [-0.2, 0) is 22.4 Å². The molecule has 1 aliphatic rings. The summed E-state index contributed by atoms with van der Waals surface area (Å²) in [5.74, 6) is -1.33. The zero-order chi connectivity index (χ0) is 20.8. The molecule has 0 amide bonds. The Morgan fingerprint density at radius 3 is 2.00 bits per heavy atom. The molecular formula is C24H36O4. The van der Waals surface area contributed by atoms with E-state index in [0.29, 0.717) is 0 Å². The second-order valence-electron chi connectivity index (χ2n) is 9.37. The number of carboxylic acids is 2. The van der Waals surface area contributed by atoms with Crippen molar-refractivity contribution in [3.63, 3.8) is 0 Å². The maximum Gasteiger partial charge on any atom is 0.309 e. The summed E-state index contributed by atoms with van der Waals surface area (Å²) in [6, 6.07) is 6.77. The smallest absolute Gasteiger partial charge is 0.309 e. The standard InChI is InChI=1S/C24H36O4/c1-18-15-19(9-5-4-7-11-23(2,3)21(25)26)17-20(16-18)10-6-8-12-24(13-14-24)22(27)28/h15-17H,4-14H2,1-3H3,(H,25,26)(H,27,28). The minimum atomic E-state index is -0.716. The third kappa shape index (κ3) is 6.65. The van der Waals surface area contributed by atoms with Crippen LogP contribution in [0.4, 0.5) is 0 Å². The van der Waals surface area contributed by atoms with Crippen molar-refractivity contribution >= 4 is 11.9 Å². The Kier molecular flexibility index (Phi) is 7.68. The van der Waals surface area contributed by atoms with Crippen molar-refractivity contribution in [2.45, 2.75) is 91.4 Å². The average Bonchev–Trinajstić information content (AvgIpc) is 3.39. The van der Waals surface area contributed by atoms with E-state index in [9.17, 15) is 19.8 Å². The lowest BCUT2D eigenvalue weighted by atomic mass is 9.87. The molecule has 28 heavy (non-hydrogen) atoms. The highest BCUT2D eigenvalue weighted by Crippen LogP contribution is 2.50. The molecule has 0 bridgehead atoms. The topological polar surface area (TPSA) is 74.6 Å². The fourth-order valence-corrected chi connectivity index (χ4v) is 3.93. The van der Waals surface area contributed by atoms with Gasteiger partial charge in [0.25, 0.3) is 0 Å². The van der Waals surface area contributed by atoms with Crippen molar-refractivity contribution in [1.82, 2.24) is 0 Å². The van der Waals surface area contributed by atoms with Crippen molar-refractivity contribution in [3.05, 3.63) is 34.9 Å². The van der Waals surface area contributed by atoms with Gasteiger partial charge < -0.3 is 10.2 Å². The van der Waals surface area contributed by atoms with Crippen molar-refractivity contribution < 1.29 is 19.8 Å². The third-order valence-corrected chi connectivity index (χ3v) is 6.22. The number of hydrogen-bond acceptors (Lipinski definition) is 2. The number of carbonyl (C=O) groups is 2. The van der Waals surface area contributed by atoms with E-state index in [0.717, 1.165) is 70.6 Å². The first-order valence-electron chi connectivity index (χ1n) is 10.7. The zero-order valence-corrected chi connectivity index (χ0v) is 17.7. The number of benzene rings is 1. The van der Waals surface area contributed by atoms with Crippen LogP contribution in [0.2, 0.25) is 0 Å². The Labute approximate surface area is 169 Å². The number of rotatable bonds is 13. The lowest BCUT2D eigenvalue weighted by molar-refractivity contribution is -0.147. The molecule has 0 heterocycles. The Morgan fingerprint density at radius 2 is 1.50 bits per heavy atom. The van der Waals surface area contributed by atoms with Gasteiger partial charge in [0, 0.05) is 0 Å². The lowest BCUT2D eigenvalue weighted by Crippen LogP contribution is -2.23. The summed E-state index contributed by atoms with van der Waals surface area (Å²) in [4.78, 5) is 22.4. The first-order valence-corrected chi connectivity index (χ1v) is 10.7. The molecule has 0 saturated heterocycles. The van der Waals surface area contributed by atoms with Crippen LogP contribution in [0.15, 0.2) is 18.2 Å². The average molecular weight is 389 g/mol. The van der Waals surface area contributed by atoms with E-state index < -0.39 is 22.8 Å². The molecule has 0 spiro atoms. The highest BCUT2D eigenvalue weighted by atomic mass is 16.4. The maximum atomic E-state index is 11.2. The summed E-state index contributed by atoms with van der Waals surface area (Å²) in [6.45, 7) is 5.72. The van der Waals surface area contributed by atoms with Gasteiger partial charge in [0.05, 0.1) is 10.8 Å². The predicted molar refractivity (Wildman–Crippen MR) is 112 cm³/mol. The van der Waals surface area contributed by atoms with Crippen LogP contribution in [0.25, 0.3) is 0 Å². The summed E-state index contributed by atoms with van der Waals surface area (Å²) in [5, 5.41) is 18.4. The molecule has 2 rings (SSSR count). The number of unbranched alkanes of at least 4 members (excludes halogenated alkanes) is 3. The molecule has 1 saturated carbocycles. The molecule has 4 nitrogen and oxygen atoms in total. The number of hydrogen-bond donors (Lipinski definition) is 2. The van der Waals surface area contributed by atoms with E-state index in [2.05, 4.69) is 25.1 Å². The van der Waals surface area contributed by atoms with Gasteiger partial charge in [0.15, 0.2) is 0 Å². The van der Waals surface area contributed by atoms with Gasteiger partial charge in [-0.3, -0.25) is 9.59 Å². The molecule has 0 unspecified atom stereocenters. The van der Waals surface area contributed by atoms with E-state index in [-0.39, 0.29) is 0 Å². The summed E-state index contributed by atoms with van der Waals surface area (Å²) >= 11 is 0. The van der Waals surface area contributed by atoms with Gasteiger partial charge in [-0.05, 0) is 83.3 Å². The molecule has 1 aliphatic carbocycles. The number of carboxylic acid groups (broad SMARTS) is 2. The Bertz CT molecular complexity index is 686. The van der Waals surface area contributed by atoms with Crippen LogP contribution in [0.1, 0.15) is 88.3 Å². The fraction of sp³-hybridized carbons (Fsp3) is 0.667. The lowest BCUT2D eigenvalue weighted by Gasteiger charge is -2.18. The Hall–Kier alpha value is -1.84. The molecule has 0 aliphatic heterocycles. The van der Waals surface area contributed by atoms with Crippen LogP contribution in [0, 0.1) is 17.8 Å². The normalized spacial score (nSPS) is 15.4. The maximum absolute atomic E-state index is 11.2. The van der Waals surface area contributed by atoms with Crippen LogP contribution < -0.4 is 0 Å². The summed E-state index contributed by atoms with van der Waals surface area (Å²) in [6.07, 6.45) is 10.4. The van der Waals surface area contributed by atoms with Crippen molar-refractivity contribution in [2.24, 2.45) is 10.8 Å². The molecule has 156 valence electrons. The van der Waals surface area contributed by atoms with Gasteiger partial charge in [-0.1, -0.05) is 43.0 Å². The van der Waals surface area contributed by atoms with E-state index in [1.54, 1.807) is 13.8 Å². The molecule has 0 radical (unpaired) electrons. The van der Waals surface area contributed by atoms with Crippen molar-refractivity contribution in [1.29, 1.82) is 0 Å². The molecular weight excluding hydrogens is 352 g/mol. The molecule has 1 fully saturated rings. The summed E-state index contributed by atoms with van der Waals surface area (Å²) in [5.41, 5.74) is 2.96. The van der Waals surface area contributed by atoms with Crippen LogP contribution in [-0.4, -0.2) is 22.2 Å². The largest absolute Gasteiger partial charge is 0.481 e. The van der Waals surface area contributed by atoms with E-state index in [1.807, 2.05) is 0 Å². The predicted octanol–water partition coefficient (Wildman–Crippen LogP) is 5.79. The van der Waals surface area contributed by atoms with Gasteiger partial charge in [-0.2, -0.15) is 0 Å². The first-order chi connectivity index (χ1) is 13.1. The number of aliphatic carboxylic acids is 2. The van der Waals surface area contributed by atoms with Gasteiger partial charge >= 0.3 is 11.9 Å². The summed E-state index contributed by atoms with van der Waals surface area (Å²) in [7, 11) is 0. The highest BCUT2D eigenvalue weighted by molar-refractivity contribution is 5.77. The van der Waals surface area contributed by atoms with Gasteiger partial charge in [0.1, 0.15) is 0 Å². The highest BCUT2D eigenvalue weighted by Gasteiger charge is 2.49. The molecule has 1 aromatic carbocycles. The van der Waals surface area contributed by atoms with Gasteiger partial charge in [-0.25, -0.2) is 0 Å². The molecule has 2 N–H and O–H groups in total. The van der Waals surface area contributed by atoms with Gasteiger partial charge in [0.2, 0.25) is 0 Å². The van der Waals surface area contributed by atoms with Gasteiger partial charge in [-0.15, -0.1) is 0 Å². The van der Waals surface area contributed by atoms with E-state index in [4.69, 9.17) is 0 Å². The minimum absolute atomic E-state index is 0.396. The Morgan fingerprint density at radius 1 is 0.929 bits per heavy atom. The molecule has 0 atom stereocenters. The monoisotopic (exact) mass is 388 g/mol. The Balaban J connectivity index is 1.72. The van der Waals surface area contributed by atoms with E-state index in [1.165, 1.54) is 16.7 Å². The van der Waals surface area contributed by atoms with E-state index >= 15 is 0 Å². The zero-order valence-electron chi connectivity index (χ0n) is 17.7. The fourth-order valence-electron chi connectivity index (χ4n) is 3.93. The molecule has 4 heteroatoms. The number of aryl methyl sites for hydroxylation is 3. The van der Waals surface area contributed by atoms with Crippen molar-refractivity contribution in [3.8, 4) is 0 Å². The van der Waals surface area contributed by atoms with Crippen molar-refractivity contribution in [2.75, 3.05) is 0 Å². The first kappa shape index (κ1) is 22.4. The summed E-state index contributed by atoms with van der Waals surface area (Å²) < 4.78 is 0. The second kappa shape index (κ2) is 9.58. The SMILES string of the molecule is Cc1cc(CCCCCC(C)(C)C(=O)O)cc(CCCCC2(C(=O)O)CC2)c1. The second-order valence-corrected chi connectivity index (χ2v) is 9.37.